The van der Waals surface area contributed by atoms with Crippen LogP contribution in [-0.2, 0) is 23.1 Å². The molecule has 0 bridgehead atoms. The Morgan fingerprint density at radius 3 is 1.18 bits per heavy atom. The van der Waals surface area contributed by atoms with E-state index in [0.717, 1.165) is 76.1 Å². The molecule has 0 heterocycles. The third kappa shape index (κ3) is 26.7. The Balaban J connectivity index is 0. The van der Waals surface area contributed by atoms with Crippen molar-refractivity contribution in [2.45, 2.75) is 156 Å². The molecule has 1 rings (SSSR count). The zero-order valence-corrected chi connectivity index (χ0v) is 28.8. The smallest absolute Gasteiger partial charge is 0.241 e. The number of hydrogen-bond donors (Lipinski definition) is 0. The number of rotatable bonds is 8. The van der Waals surface area contributed by atoms with Crippen LogP contribution in [-0.4, -0.2) is 41.9 Å². The van der Waals surface area contributed by atoms with Gasteiger partial charge in [0.15, 0.2) is 6.29 Å². The first-order chi connectivity index (χ1) is 17.9. The minimum Gasteiger partial charge on any atom is -0.545 e. The normalized spacial score (nSPS) is 19.4. The second-order valence-electron chi connectivity index (χ2n) is 11.8. The maximum Gasteiger partial charge on any atom is 0.241 e. The number of allylic oxidation sites excluding steroid dienone is 2. The second kappa shape index (κ2) is 23.9. The molecule has 5 nitrogen and oxygen atoms in total. The molecule has 0 radical (unpaired) electrons. The summed E-state index contributed by atoms with van der Waals surface area (Å²) in [5, 5.41) is 0. The molecule has 0 aliphatic heterocycles. The van der Waals surface area contributed by atoms with Gasteiger partial charge in [-0.2, -0.15) is 0 Å². The molecule has 0 fully saturated rings. The summed E-state index contributed by atoms with van der Waals surface area (Å²) < 4.78 is 23.2. The summed E-state index contributed by atoms with van der Waals surface area (Å²) in [7, 11) is -3.32. The summed E-state index contributed by atoms with van der Waals surface area (Å²) in [6.07, 6.45) is 15.2. The summed E-state index contributed by atoms with van der Waals surface area (Å²) >= 11 is 0. The van der Waals surface area contributed by atoms with Gasteiger partial charge in [0.1, 0.15) is 17.3 Å². The monoisotopic (exact) mass is 572 g/mol. The van der Waals surface area contributed by atoms with E-state index >= 15 is 0 Å². The summed E-state index contributed by atoms with van der Waals surface area (Å²) in [6, 6.07) is 0. The first-order valence-electron chi connectivity index (χ1n) is 15.2. The molecular weight excluding hydrogens is 509 g/mol. The standard InChI is InChI=1S/C23H46O3Si2.C6H14O2.C2H4/c1-27(2,3)25-22-19-15-11-7-9-13-17-21(24)18-14-10-8-12-16-20-23(22)26-28(4,5)6;1-4-7-6(3)8-5-2;1-2/h7-20H2,1-6H3;6H,4-5H2,1-3H3;1-2H2/b23-22+;;. The van der Waals surface area contributed by atoms with E-state index in [1.807, 2.05) is 20.8 Å². The molecule has 0 saturated carbocycles. The van der Waals surface area contributed by atoms with Crippen LogP contribution in [0.1, 0.15) is 111 Å². The van der Waals surface area contributed by atoms with Gasteiger partial charge in [-0.1, -0.05) is 38.5 Å². The number of ether oxygens (including phenoxy) is 2. The van der Waals surface area contributed by atoms with Crippen LogP contribution in [0.2, 0.25) is 39.3 Å². The van der Waals surface area contributed by atoms with E-state index < -0.39 is 16.6 Å². The number of hydrogen-bond acceptors (Lipinski definition) is 5. The van der Waals surface area contributed by atoms with Gasteiger partial charge in [0.25, 0.3) is 0 Å². The van der Waals surface area contributed by atoms with Crippen LogP contribution >= 0.6 is 0 Å². The van der Waals surface area contributed by atoms with E-state index in [-0.39, 0.29) is 6.29 Å². The van der Waals surface area contributed by atoms with Crippen LogP contribution in [0.5, 0.6) is 0 Å². The molecule has 0 saturated heterocycles. The average Bonchev–Trinajstić information content (AvgIpc) is 2.81. The molecule has 0 aromatic carbocycles. The molecule has 0 amide bonds. The molecule has 1 aliphatic carbocycles. The molecular formula is C31H64O5Si2. The van der Waals surface area contributed by atoms with Crippen molar-refractivity contribution in [3.63, 3.8) is 0 Å². The zero-order chi connectivity index (χ0) is 29.5. The van der Waals surface area contributed by atoms with E-state index in [9.17, 15) is 4.79 Å². The Bertz CT molecular complexity index is 560. The van der Waals surface area contributed by atoms with E-state index in [4.69, 9.17) is 18.3 Å². The third-order valence-electron chi connectivity index (χ3n) is 5.69. The lowest BCUT2D eigenvalue weighted by Gasteiger charge is -2.29. The molecule has 0 unspecified atom stereocenters. The van der Waals surface area contributed by atoms with Crippen LogP contribution in [0.3, 0.4) is 0 Å². The van der Waals surface area contributed by atoms with E-state index in [0.29, 0.717) is 5.78 Å². The van der Waals surface area contributed by atoms with Crippen LogP contribution in [0.4, 0.5) is 0 Å². The number of carbonyl (C=O) groups is 1. The molecule has 0 spiro atoms. The minimum atomic E-state index is -1.66. The van der Waals surface area contributed by atoms with Gasteiger partial charge in [0, 0.05) is 38.9 Å². The average molecular weight is 573 g/mol. The lowest BCUT2D eigenvalue weighted by molar-refractivity contribution is -0.123. The fraction of sp³-hybridized carbons (Fsp3) is 0.839. The van der Waals surface area contributed by atoms with Crippen LogP contribution in [0.25, 0.3) is 0 Å². The van der Waals surface area contributed by atoms with Gasteiger partial charge in [-0.3, -0.25) is 4.79 Å². The van der Waals surface area contributed by atoms with Gasteiger partial charge in [0.05, 0.1) is 0 Å². The molecule has 0 aromatic rings. The fourth-order valence-electron chi connectivity index (χ4n) is 4.15. The lowest BCUT2D eigenvalue weighted by Crippen LogP contribution is -2.29. The van der Waals surface area contributed by atoms with E-state index in [2.05, 4.69) is 52.4 Å². The maximum atomic E-state index is 12.0. The van der Waals surface area contributed by atoms with Crippen molar-refractivity contribution in [3.05, 3.63) is 24.7 Å². The molecule has 0 aromatic heterocycles. The van der Waals surface area contributed by atoms with Crippen molar-refractivity contribution in [1.82, 2.24) is 0 Å². The Kier molecular flexibility index (Phi) is 24.7. The Hall–Kier alpha value is -0.896. The van der Waals surface area contributed by atoms with Crippen LogP contribution in [0.15, 0.2) is 24.7 Å². The molecule has 1 aliphatic rings. The van der Waals surface area contributed by atoms with Gasteiger partial charge in [0.2, 0.25) is 16.6 Å². The Labute approximate surface area is 239 Å². The molecule has 7 heteroatoms. The SMILES string of the molecule is C=C.CCOC(C)OCC.C[Si](C)(C)O/C1=C(/O[Si](C)(C)C)CCCCCCCC(=O)CCCCCCC1. The van der Waals surface area contributed by atoms with Gasteiger partial charge in [-0.05, 0) is 85.7 Å². The predicted octanol–water partition coefficient (Wildman–Crippen LogP) is 10.2. The topological polar surface area (TPSA) is 54.0 Å². The van der Waals surface area contributed by atoms with Crippen LogP contribution < -0.4 is 0 Å². The summed E-state index contributed by atoms with van der Waals surface area (Å²) in [6.45, 7) is 26.9. The predicted molar refractivity (Wildman–Crippen MR) is 170 cm³/mol. The van der Waals surface area contributed by atoms with Crippen molar-refractivity contribution >= 4 is 22.4 Å². The van der Waals surface area contributed by atoms with Crippen molar-refractivity contribution < 1.29 is 23.1 Å². The highest BCUT2D eigenvalue weighted by Crippen LogP contribution is 2.28. The minimum absolute atomic E-state index is 0.0370. The number of ketones is 1. The Morgan fingerprint density at radius 2 is 0.895 bits per heavy atom. The highest BCUT2D eigenvalue weighted by atomic mass is 28.4. The van der Waals surface area contributed by atoms with Crippen molar-refractivity contribution in [1.29, 1.82) is 0 Å². The summed E-state index contributed by atoms with van der Waals surface area (Å²) in [5.41, 5.74) is 0. The van der Waals surface area contributed by atoms with Crippen molar-refractivity contribution in [2.24, 2.45) is 0 Å². The molecule has 0 atom stereocenters. The fourth-order valence-corrected chi connectivity index (χ4v) is 6.06. The largest absolute Gasteiger partial charge is 0.545 e. The van der Waals surface area contributed by atoms with Crippen molar-refractivity contribution in [3.8, 4) is 0 Å². The summed E-state index contributed by atoms with van der Waals surface area (Å²) in [5.74, 6) is 2.78. The number of carbonyl (C=O) groups excluding carboxylic acids is 1. The molecule has 226 valence electrons. The highest BCUT2D eigenvalue weighted by Gasteiger charge is 2.24. The van der Waals surface area contributed by atoms with Gasteiger partial charge in [-0.25, -0.2) is 0 Å². The number of Topliss-reactive ketones (excluding diaryl/α,β-unsaturated/α-hetero) is 1. The first-order valence-corrected chi connectivity index (χ1v) is 22.0. The first kappa shape index (κ1) is 39.2. The van der Waals surface area contributed by atoms with E-state index in [1.54, 1.807) is 0 Å². The van der Waals surface area contributed by atoms with Gasteiger partial charge < -0.3 is 18.3 Å². The van der Waals surface area contributed by atoms with Crippen LogP contribution in [0, 0.1) is 0 Å². The molecule has 0 N–H and O–H groups in total. The van der Waals surface area contributed by atoms with E-state index in [1.165, 1.54) is 38.5 Å². The second-order valence-corrected chi connectivity index (χ2v) is 20.7. The Morgan fingerprint density at radius 1 is 0.605 bits per heavy atom. The van der Waals surface area contributed by atoms with Gasteiger partial charge >= 0.3 is 0 Å². The summed E-state index contributed by atoms with van der Waals surface area (Å²) in [4.78, 5) is 12.0. The zero-order valence-electron chi connectivity index (χ0n) is 26.8. The highest BCUT2D eigenvalue weighted by molar-refractivity contribution is 6.70. The van der Waals surface area contributed by atoms with Crippen molar-refractivity contribution in [2.75, 3.05) is 13.2 Å². The lowest BCUT2D eigenvalue weighted by atomic mass is 10.0. The maximum absolute atomic E-state index is 12.0. The van der Waals surface area contributed by atoms with Gasteiger partial charge in [-0.15, -0.1) is 13.2 Å². The third-order valence-corrected chi connectivity index (χ3v) is 7.41. The molecule has 38 heavy (non-hydrogen) atoms. The quantitative estimate of drug-likeness (QED) is 0.164.